The van der Waals surface area contributed by atoms with Gasteiger partial charge in [-0.15, -0.1) is 0 Å². The van der Waals surface area contributed by atoms with Crippen LogP contribution in [0, 0.1) is 18.3 Å². The summed E-state index contributed by atoms with van der Waals surface area (Å²) in [5.41, 5.74) is 8.33. The average Bonchev–Trinajstić information content (AvgIpc) is 2.71. The molecule has 0 aliphatic carbocycles. The van der Waals surface area contributed by atoms with Crippen molar-refractivity contribution in [2.45, 2.75) is 19.4 Å². The summed E-state index contributed by atoms with van der Waals surface area (Å²) in [5, 5.41) is 10.2. The zero-order chi connectivity index (χ0) is 20.5. The molecule has 0 amide bonds. The zero-order valence-electron chi connectivity index (χ0n) is 15.6. The molecule has 1 aliphatic heterocycles. The van der Waals surface area contributed by atoms with Crippen LogP contribution in [0.5, 0.6) is 5.75 Å². The summed E-state index contributed by atoms with van der Waals surface area (Å²) >= 11 is 6.41. The number of halogens is 1. The van der Waals surface area contributed by atoms with Crippen molar-refractivity contribution in [3.63, 3.8) is 0 Å². The third-order valence-electron chi connectivity index (χ3n) is 4.95. The van der Waals surface area contributed by atoms with Crippen LogP contribution in [0.3, 0.4) is 0 Å². The second kappa shape index (κ2) is 7.46. The standard InChI is InChI=1S/C22H17ClN4O2/c1-13-10-18-20(22(28)27(13)12-14-6-4-5-9-26-14)19(16(11-24)21(25)29-18)15-7-2-3-8-17(15)23/h2-10,19H,12,25H2,1H3/t19-/m0/s1. The Morgan fingerprint density at radius 2 is 2.03 bits per heavy atom. The third-order valence-corrected chi connectivity index (χ3v) is 5.30. The Balaban J connectivity index is 1.96. The lowest BCUT2D eigenvalue weighted by Gasteiger charge is -2.27. The number of nitrogens with zero attached hydrogens (tertiary/aromatic N) is 3. The van der Waals surface area contributed by atoms with E-state index in [9.17, 15) is 10.1 Å². The van der Waals surface area contributed by atoms with Crippen molar-refractivity contribution < 1.29 is 4.74 Å². The molecule has 0 unspecified atom stereocenters. The van der Waals surface area contributed by atoms with Gasteiger partial charge in [0.1, 0.15) is 17.4 Å². The number of fused-ring (bicyclic) bond motifs is 1. The van der Waals surface area contributed by atoms with E-state index in [1.807, 2.05) is 31.2 Å². The van der Waals surface area contributed by atoms with Crippen LogP contribution in [0.2, 0.25) is 5.02 Å². The number of hydrogen-bond acceptors (Lipinski definition) is 5. The number of pyridine rings is 2. The van der Waals surface area contributed by atoms with Crippen LogP contribution >= 0.6 is 11.6 Å². The molecule has 0 saturated heterocycles. The lowest BCUT2D eigenvalue weighted by Crippen LogP contribution is -2.33. The number of nitrogens with two attached hydrogens (primary N) is 1. The van der Waals surface area contributed by atoms with E-state index in [1.54, 1.807) is 35.0 Å². The van der Waals surface area contributed by atoms with Gasteiger partial charge in [0.25, 0.3) is 5.56 Å². The first-order valence-corrected chi connectivity index (χ1v) is 9.35. The molecule has 0 fully saturated rings. The molecule has 0 spiro atoms. The number of ether oxygens (including phenoxy) is 1. The van der Waals surface area contributed by atoms with Crippen LogP contribution in [-0.2, 0) is 6.54 Å². The van der Waals surface area contributed by atoms with Crippen LogP contribution in [0.4, 0.5) is 0 Å². The van der Waals surface area contributed by atoms with Crippen molar-refractivity contribution >= 4 is 11.6 Å². The summed E-state index contributed by atoms with van der Waals surface area (Å²) < 4.78 is 7.27. The van der Waals surface area contributed by atoms with Crippen LogP contribution in [0.15, 0.2) is 71.0 Å². The molecule has 0 saturated carbocycles. The van der Waals surface area contributed by atoms with Gasteiger partial charge < -0.3 is 15.0 Å². The van der Waals surface area contributed by atoms with Gasteiger partial charge in [-0.25, -0.2) is 0 Å². The van der Waals surface area contributed by atoms with E-state index in [2.05, 4.69) is 11.1 Å². The molecule has 1 atom stereocenters. The number of rotatable bonds is 3. The van der Waals surface area contributed by atoms with Crippen LogP contribution in [0.1, 0.15) is 28.4 Å². The molecule has 7 heteroatoms. The van der Waals surface area contributed by atoms with Crippen molar-refractivity contribution in [1.82, 2.24) is 9.55 Å². The molecule has 2 N–H and O–H groups in total. The lowest BCUT2D eigenvalue weighted by atomic mass is 9.84. The molecule has 0 radical (unpaired) electrons. The van der Waals surface area contributed by atoms with Gasteiger partial charge >= 0.3 is 0 Å². The first-order chi connectivity index (χ1) is 14.0. The predicted molar refractivity (Wildman–Crippen MR) is 110 cm³/mol. The van der Waals surface area contributed by atoms with Gasteiger partial charge in [0.15, 0.2) is 0 Å². The molecule has 2 aromatic heterocycles. The van der Waals surface area contributed by atoms with Crippen molar-refractivity contribution in [2.75, 3.05) is 0 Å². The van der Waals surface area contributed by atoms with E-state index in [4.69, 9.17) is 22.1 Å². The quantitative estimate of drug-likeness (QED) is 0.721. The highest BCUT2D eigenvalue weighted by Gasteiger charge is 2.35. The fraction of sp³-hybridized carbons (Fsp3) is 0.136. The Hall–Kier alpha value is -3.56. The maximum atomic E-state index is 13.5. The minimum absolute atomic E-state index is 0.0220. The highest BCUT2D eigenvalue weighted by atomic mass is 35.5. The van der Waals surface area contributed by atoms with Gasteiger partial charge in [-0.1, -0.05) is 35.9 Å². The summed E-state index contributed by atoms with van der Waals surface area (Å²) in [6, 6.07) is 16.5. The van der Waals surface area contributed by atoms with Gasteiger partial charge in [-0.3, -0.25) is 9.78 Å². The van der Waals surface area contributed by atoms with Crippen LogP contribution < -0.4 is 16.0 Å². The maximum Gasteiger partial charge on any atom is 0.259 e. The summed E-state index contributed by atoms with van der Waals surface area (Å²) in [6.45, 7) is 2.12. The topological polar surface area (TPSA) is 93.9 Å². The number of hydrogen-bond donors (Lipinski definition) is 1. The van der Waals surface area contributed by atoms with Gasteiger partial charge in [-0.05, 0) is 30.7 Å². The summed E-state index contributed by atoms with van der Waals surface area (Å²) in [4.78, 5) is 17.9. The number of benzene rings is 1. The van der Waals surface area contributed by atoms with Crippen LogP contribution in [0.25, 0.3) is 0 Å². The molecule has 0 bridgehead atoms. The highest BCUT2D eigenvalue weighted by Crippen LogP contribution is 2.42. The van der Waals surface area contributed by atoms with Crippen LogP contribution in [-0.4, -0.2) is 9.55 Å². The van der Waals surface area contributed by atoms with Crippen molar-refractivity contribution in [3.05, 3.63) is 104 Å². The SMILES string of the molecule is Cc1cc2c(c(=O)n1Cc1ccccn1)[C@@H](c1ccccc1Cl)C(C#N)=C(N)O2. The van der Waals surface area contributed by atoms with Crippen molar-refractivity contribution in [2.24, 2.45) is 5.73 Å². The largest absolute Gasteiger partial charge is 0.440 e. The maximum absolute atomic E-state index is 13.5. The minimum atomic E-state index is -0.708. The van der Waals surface area contributed by atoms with E-state index >= 15 is 0 Å². The molecular formula is C22H17ClN4O2. The molecule has 3 heterocycles. The second-order valence-corrected chi connectivity index (χ2v) is 7.13. The fourth-order valence-corrected chi connectivity index (χ4v) is 3.80. The number of aromatic nitrogens is 2. The second-order valence-electron chi connectivity index (χ2n) is 6.72. The summed E-state index contributed by atoms with van der Waals surface area (Å²) in [6.07, 6.45) is 1.68. The molecule has 1 aliphatic rings. The first-order valence-electron chi connectivity index (χ1n) is 8.97. The first kappa shape index (κ1) is 18.8. The summed E-state index contributed by atoms with van der Waals surface area (Å²) in [7, 11) is 0. The Kier molecular flexibility index (Phi) is 4.83. The van der Waals surface area contributed by atoms with Gasteiger partial charge in [0.05, 0.1) is 23.7 Å². The fourth-order valence-electron chi connectivity index (χ4n) is 3.56. The van der Waals surface area contributed by atoms with Gasteiger partial charge in [-0.2, -0.15) is 5.26 Å². The molecule has 6 nitrogen and oxygen atoms in total. The van der Waals surface area contributed by atoms with Gasteiger partial charge in [0, 0.05) is 23.0 Å². The Bertz CT molecular complexity index is 1230. The number of allylic oxidation sites excluding steroid dienone is 1. The van der Waals surface area contributed by atoms with E-state index in [0.717, 1.165) is 5.69 Å². The predicted octanol–water partition coefficient (Wildman–Crippen LogP) is 3.47. The molecule has 1 aromatic carbocycles. The monoisotopic (exact) mass is 404 g/mol. The number of nitriles is 1. The van der Waals surface area contributed by atoms with E-state index in [0.29, 0.717) is 34.1 Å². The lowest BCUT2D eigenvalue weighted by molar-refractivity contribution is 0.389. The summed E-state index contributed by atoms with van der Waals surface area (Å²) in [5.74, 6) is -0.391. The molecule has 3 aromatic rings. The Morgan fingerprint density at radius 3 is 2.72 bits per heavy atom. The van der Waals surface area contributed by atoms with Crippen molar-refractivity contribution in [1.29, 1.82) is 5.26 Å². The number of aryl methyl sites for hydroxylation is 1. The Labute approximate surface area is 172 Å². The smallest absolute Gasteiger partial charge is 0.259 e. The molecule has 144 valence electrons. The van der Waals surface area contributed by atoms with Crippen molar-refractivity contribution in [3.8, 4) is 11.8 Å². The minimum Gasteiger partial charge on any atom is -0.440 e. The molecule has 29 heavy (non-hydrogen) atoms. The van der Waals surface area contributed by atoms with E-state index in [1.165, 1.54) is 0 Å². The normalized spacial score (nSPS) is 15.4. The Morgan fingerprint density at radius 1 is 1.28 bits per heavy atom. The van der Waals surface area contributed by atoms with Gasteiger partial charge in [0.2, 0.25) is 5.88 Å². The third kappa shape index (κ3) is 3.26. The molecule has 4 rings (SSSR count). The average molecular weight is 405 g/mol. The van der Waals surface area contributed by atoms with E-state index in [-0.39, 0.29) is 17.0 Å². The molecular weight excluding hydrogens is 388 g/mol. The zero-order valence-corrected chi connectivity index (χ0v) is 16.3. The highest BCUT2D eigenvalue weighted by molar-refractivity contribution is 6.31. The van der Waals surface area contributed by atoms with E-state index < -0.39 is 5.92 Å².